The van der Waals surface area contributed by atoms with E-state index in [4.69, 9.17) is 5.11 Å². The molecule has 0 amide bonds. The summed E-state index contributed by atoms with van der Waals surface area (Å²) in [5.41, 5.74) is 4.57. The van der Waals surface area contributed by atoms with Gasteiger partial charge < -0.3 is 9.67 Å². The fraction of sp³-hybridized carbons (Fsp3) is 0.312. The zero-order chi connectivity index (χ0) is 14.0. The van der Waals surface area contributed by atoms with Gasteiger partial charge in [-0.1, -0.05) is 19.1 Å². The largest absolute Gasteiger partial charge is 0.481 e. The van der Waals surface area contributed by atoms with Crippen molar-refractivity contribution < 1.29 is 9.90 Å². The third-order valence-corrected chi connectivity index (χ3v) is 3.43. The average Bonchev–Trinajstić information content (AvgIpc) is 2.70. The third kappa shape index (κ3) is 2.87. The van der Waals surface area contributed by atoms with Gasteiger partial charge in [0, 0.05) is 17.1 Å². The van der Waals surface area contributed by atoms with Gasteiger partial charge in [0.1, 0.15) is 0 Å². The first-order chi connectivity index (χ1) is 8.99. The van der Waals surface area contributed by atoms with Gasteiger partial charge in [-0.15, -0.1) is 0 Å². The fourth-order valence-corrected chi connectivity index (χ4v) is 2.30. The topological polar surface area (TPSA) is 42.2 Å². The maximum atomic E-state index is 10.8. The lowest BCUT2D eigenvalue weighted by atomic mass is 10.0. The molecule has 1 atom stereocenters. The number of rotatable bonds is 4. The highest BCUT2D eigenvalue weighted by molar-refractivity contribution is 5.69. The first-order valence-electron chi connectivity index (χ1n) is 6.46. The molecule has 0 aliphatic rings. The van der Waals surface area contributed by atoms with Gasteiger partial charge in [0.2, 0.25) is 0 Å². The summed E-state index contributed by atoms with van der Waals surface area (Å²) in [5, 5.41) is 8.92. The van der Waals surface area contributed by atoms with E-state index >= 15 is 0 Å². The van der Waals surface area contributed by atoms with E-state index in [2.05, 4.69) is 30.5 Å². The molecule has 19 heavy (non-hydrogen) atoms. The fourth-order valence-electron chi connectivity index (χ4n) is 2.30. The van der Waals surface area contributed by atoms with Crippen molar-refractivity contribution in [2.75, 3.05) is 0 Å². The van der Waals surface area contributed by atoms with Crippen LogP contribution >= 0.6 is 0 Å². The minimum absolute atomic E-state index is 0.346. The Morgan fingerprint density at radius 1 is 1.11 bits per heavy atom. The molecule has 3 heteroatoms. The predicted molar refractivity (Wildman–Crippen MR) is 75.7 cm³/mol. The van der Waals surface area contributed by atoms with Crippen LogP contribution in [0, 0.1) is 19.8 Å². The molecule has 0 saturated carbocycles. The minimum atomic E-state index is -0.749. The Morgan fingerprint density at radius 3 is 2.11 bits per heavy atom. The lowest BCUT2D eigenvalue weighted by molar-refractivity contribution is -0.141. The summed E-state index contributed by atoms with van der Waals surface area (Å²) >= 11 is 0. The van der Waals surface area contributed by atoms with Gasteiger partial charge in [-0.05, 0) is 50.1 Å². The first-order valence-corrected chi connectivity index (χ1v) is 6.46. The molecule has 1 aromatic heterocycles. The molecule has 2 rings (SSSR count). The van der Waals surface area contributed by atoms with Crippen molar-refractivity contribution in [2.24, 2.45) is 5.92 Å². The molecule has 0 radical (unpaired) electrons. The van der Waals surface area contributed by atoms with Crippen molar-refractivity contribution >= 4 is 5.97 Å². The second-order valence-corrected chi connectivity index (χ2v) is 5.06. The van der Waals surface area contributed by atoms with Gasteiger partial charge in [-0.25, -0.2) is 0 Å². The van der Waals surface area contributed by atoms with Crippen molar-refractivity contribution in [3.8, 4) is 5.69 Å². The second-order valence-electron chi connectivity index (χ2n) is 5.06. The van der Waals surface area contributed by atoms with Crippen molar-refractivity contribution in [3.05, 3.63) is 53.3 Å². The van der Waals surface area contributed by atoms with Crippen LogP contribution in [-0.2, 0) is 11.2 Å². The highest BCUT2D eigenvalue weighted by Crippen LogP contribution is 2.18. The lowest BCUT2D eigenvalue weighted by Gasteiger charge is -2.11. The summed E-state index contributed by atoms with van der Waals surface area (Å²) in [4.78, 5) is 10.8. The van der Waals surface area contributed by atoms with Gasteiger partial charge in [0.05, 0.1) is 5.92 Å². The van der Waals surface area contributed by atoms with E-state index in [1.807, 2.05) is 24.3 Å². The summed E-state index contributed by atoms with van der Waals surface area (Å²) in [5.74, 6) is -1.10. The number of aromatic nitrogens is 1. The van der Waals surface area contributed by atoms with Gasteiger partial charge in [-0.3, -0.25) is 4.79 Å². The number of hydrogen-bond donors (Lipinski definition) is 1. The predicted octanol–water partition coefficient (Wildman–Crippen LogP) is 3.36. The van der Waals surface area contributed by atoms with Gasteiger partial charge in [0.15, 0.2) is 0 Å². The molecule has 2 aromatic rings. The standard InChI is InChI=1S/C16H19NO2/c1-11(16(18)19)10-14-6-8-15(9-7-14)17-12(2)4-5-13(17)3/h4-9,11H,10H2,1-3H3,(H,18,19). The van der Waals surface area contributed by atoms with Crippen molar-refractivity contribution in [1.82, 2.24) is 4.57 Å². The first kappa shape index (κ1) is 13.4. The Hall–Kier alpha value is -2.03. The smallest absolute Gasteiger partial charge is 0.306 e. The molecule has 3 nitrogen and oxygen atoms in total. The molecule has 0 fully saturated rings. The molecule has 1 heterocycles. The lowest BCUT2D eigenvalue weighted by Crippen LogP contribution is -2.12. The number of carboxylic acid groups (broad SMARTS) is 1. The number of benzene rings is 1. The molecule has 1 unspecified atom stereocenters. The Bertz CT molecular complexity index is 562. The van der Waals surface area contributed by atoms with Crippen LogP contribution in [0.3, 0.4) is 0 Å². The SMILES string of the molecule is Cc1ccc(C)n1-c1ccc(CC(C)C(=O)O)cc1. The normalized spacial score (nSPS) is 12.4. The molecule has 0 aliphatic carbocycles. The highest BCUT2D eigenvalue weighted by atomic mass is 16.4. The van der Waals surface area contributed by atoms with E-state index in [-0.39, 0.29) is 5.92 Å². The van der Waals surface area contributed by atoms with Crippen molar-refractivity contribution in [3.63, 3.8) is 0 Å². The Kier molecular flexibility index (Phi) is 3.74. The number of carbonyl (C=O) groups is 1. The molecule has 100 valence electrons. The van der Waals surface area contributed by atoms with E-state index in [1.54, 1.807) is 6.92 Å². The summed E-state index contributed by atoms with van der Waals surface area (Å²) in [6.45, 7) is 5.89. The molecule has 0 bridgehead atoms. The monoisotopic (exact) mass is 257 g/mol. The Balaban J connectivity index is 2.22. The molecule has 1 aromatic carbocycles. The van der Waals surface area contributed by atoms with Crippen LogP contribution in [0.1, 0.15) is 23.9 Å². The second kappa shape index (κ2) is 5.31. The van der Waals surface area contributed by atoms with Crippen LogP contribution in [0.25, 0.3) is 5.69 Å². The van der Waals surface area contributed by atoms with E-state index in [1.165, 1.54) is 11.4 Å². The quantitative estimate of drug-likeness (QED) is 0.912. The summed E-state index contributed by atoms with van der Waals surface area (Å²) < 4.78 is 2.18. The van der Waals surface area contributed by atoms with Crippen LogP contribution < -0.4 is 0 Å². The van der Waals surface area contributed by atoms with Gasteiger partial charge in [-0.2, -0.15) is 0 Å². The van der Waals surface area contributed by atoms with E-state index in [0.717, 1.165) is 11.3 Å². The third-order valence-electron chi connectivity index (χ3n) is 3.43. The number of aryl methyl sites for hydroxylation is 2. The number of nitrogens with zero attached hydrogens (tertiary/aromatic N) is 1. The molecule has 0 saturated heterocycles. The summed E-state index contributed by atoms with van der Waals surface area (Å²) in [7, 11) is 0. The van der Waals surface area contributed by atoms with Crippen molar-refractivity contribution in [2.45, 2.75) is 27.2 Å². The van der Waals surface area contributed by atoms with Crippen LogP contribution in [-0.4, -0.2) is 15.6 Å². The van der Waals surface area contributed by atoms with Crippen LogP contribution in [0.5, 0.6) is 0 Å². The zero-order valence-electron chi connectivity index (χ0n) is 11.6. The highest BCUT2D eigenvalue weighted by Gasteiger charge is 2.11. The van der Waals surface area contributed by atoms with Crippen LogP contribution in [0.15, 0.2) is 36.4 Å². The maximum absolute atomic E-state index is 10.8. The Labute approximate surface area is 113 Å². The maximum Gasteiger partial charge on any atom is 0.306 e. The zero-order valence-corrected chi connectivity index (χ0v) is 11.6. The molecule has 0 spiro atoms. The molecule has 0 aliphatic heterocycles. The number of carboxylic acids is 1. The van der Waals surface area contributed by atoms with Crippen LogP contribution in [0.2, 0.25) is 0 Å². The van der Waals surface area contributed by atoms with Gasteiger partial charge >= 0.3 is 5.97 Å². The minimum Gasteiger partial charge on any atom is -0.481 e. The van der Waals surface area contributed by atoms with E-state index in [9.17, 15) is 4.79 Å². The summed E-state index contributed by atoms with van der Waals surface area (Å²) in [6.07, 6.45) is 0.569. The number of hydrogen-bond acceptors (Lipinski definition) is 1. The average molecular weight is 257 g/mol. The van der Waals surface area contributed by atoms with Gasteiger partial charge in [0.25, 0.3) is 0 Å². The van der Waals surface area contributed by atoms with Crippen molar-refractivity contribution in [1.29, 1.82) is 0 Å². The Morgan fingerprint density at radius 2 is 1.63 bits per heavy atom. The summed E-state index contributed by atoms with van der Waals surface area (Å²) in [6, 6.07) is 12.3. The van der Waals surface area contributed by atoms with E-state index < -0.39 is 5.97 Å². The van der Waals surface area contributed by atoms with Crippen LogP contribution in [0.4, 0.5) is 0 Å². The van der Waals surface area contributed by atoms with E-state index in [0.29, 0.717) is 6.42 Å². The number of aliphatic carboxylic acids is 1. The molecular formula is C16H19NO2. The molecule has 1 N–H and O–H groups in total. The molecular weight excluding hydrogens is 238 g/mol.